The van der Waals surface area contributed by atoms with Crippen LogP contribution in [0.15, 0.2) is 49.1 Å². The van der Waals surface area contributed by atoms with Gasteiger partial charge in [-0.25, -0.2) is 0 Å². The van der Waals surface area contributed by atoms with E-state index in [-0.39, 0.29) is 0 Å². The van der Waals surface area contributed by atoms with Crippen LogP contribution >= 0.6 is 0 Å². The molecule has 0 saturated heterocycles. The molecule has 3 rings (SSSR count). The van der Waals surface area contributed by atoms with Gasteiger partial charge in [0.15, 0.2) is 0 Å². The van der Waals surface area contributed by atoms with Crippen LogP contribution in [0.5, 0.6) is 0 Å². The van der Waals surface area contributed by atoms with Crippen LogP contribution in [0.2, 0.25) is 0 Å². The molecule has 0 bridgehead atoms. The van der Waals surface area contributed by atoms with Crippen molar-refractivity contribution in [3.8, 4) is 0 Å². The third kappa shape index (κ3) is 3.73. The Balaban J connectivity index is 1.74. The van der Waals surface area contributed by atoms with Crippen molar-refractivity contribution in [1.82, 2.24) is 4.90 Å². The van der Waals surface area contributed by atoms with Gasteiger partial charge in [0.2, 0.25) is 0 Å². The van der Waals surface area contributed by atoms with E-state index in [1.165, 1.54) is 31.4 Å². The first kappa shape index (κ1) is 15.2. The van der Waals surface area contributed by atoms with Gasteiger partial charge in [0, 0.05) is 0 Å². The normalized spacial score (nSPS) is 19.7. The Hall–Kier alpha value is -0.717. The standard InChI is InChI=1S/C14H18N.C5H5.Zr/c1-15(2)11-5-7-13-10-9-12-6-3-4-8-14(12)13;1-2-4-5-3-1;/h3-4,6,8-9,13H,5,7,11H2,1-2H3;1-3H,4H2;. The Morgan fingerprint density at radius 1 is 1.24 bits per heavy atom. The average molecular weight is 357 g/mol. The van der Waals surface area contributed by atoms with E-state index >= 15 is 0 Å². The summed E-state index contributed by atoms with van der Waals surface area (Å²) in [7, 11) is 4.34. The number of allylic oxidation sites excluding steroid dienone is 5. The second kappa shape index (κ2) is 7.03. The van der Waals surface area contributed by atoms with E-state index in [2.05, 4.69) is 67.6 Å². The topological polar surface area (TPSA) is 3.24 Å². The van der Waals surface area contributed by atoms with Gasteiger partial charge in [0.1, 0.15) is 0 Å². The molecule has 21 heavy (non-hydrogen) atoms. The van der Waals surface area contributed by atoms with Gasteiger partial charge in [-0.2, -0.15) is 0 Å². The van der Waals surface area contributed by atoms with Gasteiger partial charge in [0.25, 0.3) is 0 Å². The first-order chi connectivity index (χ1) is 10.2. The van der Waals surface area contributed by atoms with Crippen molar-refractivity contribution in [3.63, 3.8) is 0 Å². The molecule has 1 nitrogen and oxygen atoms in total. The third-order valence-electron chi connectivity index (χ3n) is 4.23. The molecule has 1 aromatic rings. The summed E-state index contributed by atoms with van der Waals surface area (Å²) in [6.45, 7) is 1.20. The molecule has 2 aliphatic rings. The fraction of sp³-hybridized carbons (Fsp3) is 0.368. The van der Waals surface area contributed by atoms with Crippen LogP contribution in [-0.2, 0) is 23.2 Å². The van der Waals surface area contributed by atoms with Gasteiger partial charge >= 0.3 is 140 Å². The minimum atomic E-state index is -0.561. The molecule has 0 aliphatic heterocycles. The zero-order chi connectivity index (χ0) is 14.7. The van der Waals surface area contributed by atoms with Crippen LogP contribution in [0.25, 0.3) is 6.08 Å². The number of rotatable bonds is 6. The number of benzene rings is 1. The van der Waals surface area contributed by atoms with Gasteiger partial charge in [-0.3, -0.25) is 0 Å². The molecule has 0 fully saturated rings. The van der Waals surface area contributed by atoms with Crippen LogP contribution in [0.4, 0.5) is 0 Å². The van der Waals surface area contributed by atoms with Gasteiger partial charge in [-0.15, -0.1) is 0 Å². The zero-order valence-electron chi connectivity index (χ0n) is 13.0. The Labute approximate surface area is 140 Å². The molecule has 1 aromatic carbocycles. The fourth-order valence-electron chi connectivity index (χ4n) is 3.17. The molecule has 2 aliphatic carbocycles. The summed E-state index contributed by atoms with van der Waals surface area (Å²) in [5.41, 5.74) is 3.06. The Kier molecular flexibility index (Phi) is 5.08. The molecule has 0 amide bonds. The van der Waals surface area contributed by atoms with E-state index in [0.29, 0.717) is 5.92 Å². The van der Waals surface area contributed by atoms with Crippen molar-refractivity contribution < 1.29 is 23.2 Å². The van der Waals surface area contributed by atoms with E-state index in [9.17, 15) is 0 Å². The third-order valence-corrected chi connectivity index (χ3v) is 7.85. The first-order valence-corrected chi connectivity index (χ1v) is 10.3. The van der Waals surface area contributed by atoms with Crippen LogP contribution < -0.4 is 0 Å². The average Bonchev–Trinajstić information content (AvgIpc) is 3.07. The molecule has 0 aromatic heterocycles. The van der Waals surface area contributed by atoms with E-state index in [1.807, 2.05) is 0 Å². The van der Waals surface area contributed by atoms with Gasteiger partial charge in [-0.1, -0.05) is 0 Å². The van der Waals surface area contributed by atoms with Crippen molar-refractivity contribution in [2.45, 2.75) is 25.2 Å². The number of hydrogen-bond donors (Lipinski definition) is 0. The molecule has 0 spiro atoms. The number of hydrogen-bond acceptors (Lipinski definition) is 1. The minimum absolute atomic E-state index is 0.561. The van der Waals surface area contributed by atoms with Crippen molar-refractivity contribution >= 4 is 6.08 Å². The van der Waals surface area contributed by atoms with Crippen LogP contribution in [0.3, 0.4) is 0 Å². The van der Waals surface area contributed by atoms with Crippen LogP contribution in [0, 0.1) is 0 Å². The molecule has 108 valence electrons. The van der Waals surface area contributed by atoms with Crippen molar-refractivity contribution in [1.29, 1.82) is 0 Å². The first-order valence-electron chi connectivity index (χ1n) is 7.82. The summed E-state index contributed by atoms with van der Waals surface area (Å²) < 4.78 is 3.52. The number of nitrogens with zero attached hydrogens (tertiary/aromatic N) is 1. The molecule has 0 radical (unpaired) electrons. The summed E-state index contributed by atoms with van der Waals surface area (Å²) >= 11 is -0.561. The van der Waals surface area contributed by atoms with Gasteiger partial charge in [-0.05, 0) is 0 Å². The SMILES string of the molecule is CN(C)CCCC1[C]([Zr][C]2=CC=CC2)=Cc2ccccc21. The van der Waals surface area contributed by atoms with E-state index in [4.69, 9.17) is 0 Å². The van der Waals surface area contributed by atoms with Gasteiger partial charge < -0.3 is 0 Å². The Morgan fingerprint density at radius 3 is 2.86 bits per heavy atom. The maximum atomic E-state index is 2.51. The second-order valence-electron chi connectivity index (χ2n) is 6.18. The van der Waals surface area contributed by atoms with Crippen LogP contribution in [-0.4, -0.2) is 25.5 Å². The van der Waals surface area contributed by atoms with Crippen molar-refractivity contribution in [2.24, 2.45) is 0 Å². The Bertz CT molecular complexity index is 595. The quantitative estimate of drug-likeness (QED) is 0.730. The number of fused-ring (bicyclic) bond motifs is 1. The molecule has 1 atom stereocenters. The second-order valence-corrected chi connectivity index (χ2v) is 9.79. The van der Waals surface area contributed by atoms with E-state index in [1.54, 1.807) is 12.1 Å². The molecule has 2 heteroatoms. The predicted octanol–water partition coefficient (Wildman–Crippen LogP) is 4.39. The molecular formula is C19H23NZr. The summed E-state index contributed by atoms with van der Waals surface area (Å²) in [6, 6.07) is 9.02. The van der Waals surface area contributed by atoms with Gasteiger partial charge in [0.05, 0.1) is 0 Å². The summed E-state index contributed by atoms with van der Waals surface area (Å²) in [5.74, 6) is 0.703. The fourth-order valence-corrected chi connectivity index (χ4v) is 6.78. The molecule has 0 saturated carbocycles. The zero-order valence-corrected chi connectivity index (χ0v) is 15.4. The molecule has 1 unspecified atom stereocenters. The monoisotopic (exact) mass is 355 g/mol. The summed E-state index contributed by atoms with van der Waals surface area (Å²) in [5, 5.41) is 0. The van der Waals surface area contributed by atoms with E-state index < -0.39 is 23.2 Å². The van der Waals surface area contributed by atoms with Crippen molar-refractivity contribution in [2.75, 3.05) is 20.6 Å². The molecule has 0 heterocycles. The van der Waals surface area contributed by atoms with Crippen LogP contribution in [0.1, 0.15) is 36.3 Å². The summed E-state index contributed by atoms with van der Waals surface area (Å²) in [6.07, 6.45) is 13.2. The predicted molar refractivity (Wildman–Crippen MR) is 86.8 cm³/mol. The van der Waals surface area contributed by atoms with E-state index in [0.717, 1.165) is 0 Å². The molecule has 0 N–H and O–H groups in total. The molecular weight excluding hydrogens is 333 g/mol. The van der Waals surface area contributed by atoms with Crippen molar-refractivity contribution in [3.05, 3.63) is 60.2 Å². The maximum absolute atomic E-state index is 2.51. The Morgan fingerprint density at radius 2 is 2.10 bits per heavy atom. The summed E-state index contributed by atoms with van der Waals surface area (Å²) in [4.78, 5) is 2.30.